The minimum absolute atomic E-state index is 0.0538. The molecule has 3 rings (SSSR count). The molecular weight excluding hydrogens is 366 g/mol. The molecule has 0 aliphatic carbocycles. The van der Waals surface area contributed by atoms with E-state index in [0.717, 1.165) is 38.8 Å². The van der Waals surface area contributed by atoms with Crippen molar-refractivity contribution in [3.05, 3.63) is 29.8 Å². The van der Waals surface area contributed by atoms with Crippen molar-refractivity contribution in [2.24, 2.45) is 4.99 Å². The molecular formula is C20H30F2N4O2. The summed E-state index contributed by atoms with van der Waals surface area (Å²) in [7, 11) is 1.71. The number of nitrogens with zero attached hydrogens (tertiary/aromatic N) is 2. The van der Waals surface area contributed by atoms with Gasteiger partial charge < -0.3 is 25.0 Å². The van der Waals surface area contributed by atoms with Gasteiger partial charge in [0.2, 0.25) is 0 Å². The number of ether oxygens (including phenoxy) is 2. The van der Waals surface area contributed by atoms with Crippen LogP contribution in [0.1, 0.15) is 25.7 Å². The third-order valence-electron chi connectivity index (χ3n) is 5.09. The zero-order valence-electron chi connectivity index (χ0n) is 16.4. The second kappa shape index (κ2) is 10.6. The summed E-state index contributed by atoms with van der Waals surface area (Å²) in [4.78, 5) is 5.98. The molecule has 0 saturated carbocycles. The molecule has 0 bridgehead atoms. The number of nitrogens with one attached hydrogen (secondary N) is 2. The Bertz CT molecular complexity index is 633. The first-order valence-corrected chi connectivity index (χ1v) is 10.0. The van der Waals surface area contributed by atoms with Crippen LogP contribution < -0.4 is 15.5 Å². The van der Waals surface area contributed by atoms with Crippen molar-refractivity contribution in [1.82, 2.24) is 10.6 Å². The highest BCUT2D eigenvalue weighted by molar-refractivity contribution is 5.80. The minimum atomic E-state index is -0.522. The number of rotatable bonds is 8. The first kappa shape index (κ1) is 20.8. The van der Waals surface area contributed by atoms with Crippen LogP contribution in [0.5, 0.6) is 0 Å². The number of aliphatic imine (C=N–C) groups is 1. The lowest BCUT2D eigenvalue weighted by Gasteiger charge is -2.21. The fourth-order valence-electron chi connectivity index (χ4n) is 3.63. The first-order chi connectivity index (χ1) is 13.7. The summed E-state index contributed by atoms with van der Waals surface area (Å²) in [6.07, 6.45) is 4.12. The van der Waals surface area contributed by atoms with Crippen LogP contribution in [0.15, 0.2) is 23.2 Å². The monoisotopic (exact) mass is 396 g/mol. The highest BCUT2D eigenvalue weighted by Gasteiger charge is 2.27. The molecule has 28 heavy (non-hydrogen) atoms. The summed E-state index contributed by atoms with van der Waals surface area (Å²) >= 11 is 0. The average Bonchev–Trinajstić information content (AvgIpc) is 3.35. The van der Waals surface area contributed by atoms with Gasteiger partial charge in [-0.3, -0.25) is 4.99 Å². The van der Waals surface area contributed by atoms with E-state index in [2.05, 4.69) is 15.6 Å². The molecule has 0 spiro atoms. The number of benzene rings is 1. The van der Waals surface area contributed by atoms with Gasteiger partial charge in [0, 0.05) is 45.9 Å². The van der Waals surface area contributed by atoms with Gasteiger partial charge in [0.1, 0.15) is 17.3 Å². The predicted octanol–water partition coefficient (Wildman–Crippen LogP) is 2.29. The summed E-state index contributed by atoms with van der Waals surface area (Å²) in [5.41, 5.74) is 0.0538. The van der Waals surface area contributed by atoms with E-state index in [1.165, 1.54) is 18.2 Å². The van der Waals surface area contributed by atoms with E-state index in [-0.39, 0.29) is 17.8 Å². The van der Waals surface area contributed by atoms with Crippen molar-refractivity contribution in [3.63, 3.8) is 0 Å². The molecule has 6 nitrogen and oxygen atoms in total. The van der Waals surface area contributed by atoms with Gasteiger partial charge in [-0.15, -0.1) is 0 Å². The maximum Gasteiger partial charge on any atom is 0.191 e. The highest BCUT2D eigenvalue weighted by Crippen LogP contribution is 2.26. The van der Waals surface area contributed by atoms with E-state index in [1.807, 2.05) is 0 Å². The Labute approximate surface area is 165 Å². The van der Waals surface area contributed by atoms with Crippen molar-refractivity contribution < 1.29 is 18.3 Å². The second-order valence-electron chi connectivity index (χ2n) is 7.21. The van der Waals surface area contributed by atoms with Crippen LogP contribution in [0.25, 0.3) is 0 Å². The topological polar surface area (TPSA) is 58.1 Å². The van der Waals surface area contributed by atoms with Crippen LogP contribution in [0.3, 0.4) is 0 Å². The Hall–Kier alpha value is -1.93. The molecule has 2 heterocycles. The Morgan fingerprint density at radius 1 is 1.32 bits per heavy atom. The molecule has 2 aliphatic rings. The van der Waals surface area contributed by atoms with Crippen molar-refractivity contribution in [1.29, 1.82) is 0 Å². The normalized spacial score (nSPS) is 22.7. The van der Waals surface area contributed by atoms with Crippen LogP contribution in [0.2, 0.25) is 0 Å². The fourth-order valence-corrected chi connectivity index (χ4v) is 3.63. The molecule has 2 aliphatic heterocycles. The van der Waals surface area contributed by atoms with Gasteiger partial charge in [-0.1, -0.05) is 6.07 Å². The molecule has 2 saturated heterocycles. The zero-order valence-corrected chi connectivity index (χ0v) is 16.4. The molecule has 1 aromatic rings. The standard InChI is InChI=1S/C20H30F2N4O2/c1-23-20(24-9-4-11-27-14-16-5-3-12-28-16)25-15-8-10-26(13-15)19-17(21)6-2-7-18(19)22/h2,6-7,15-16H,3-5,8-14H2,1H3,(H2,23,24,25). The van der Waals surface area contributed by atoms with Crippen LogP contribution in [0, 0.1) is 11.6 Å². The molecule has 0 amide bonds. The third kappa shape index (κ3) is 5.78. The summed E-state index contributed by atoms with van der Waals surface area (Å²) in [5.74, 6) is -0.350. The summed E-state index contributed by atoms with van der Waals surface area (Å²) in [6, 6.07) is 4.05. The number of hydrogen-bond acceptors (Lipinski definition) is 4. The lowest BCUT2D eigenvalue weighted by atomic mass is 10.2. The molecule has 0 aromatic heterocycles. The number of hydrogen-bond donors (Lipinski definition) is 2. The summed E-state index contributed by atoms with van der Waals surface area (Å²) < 4.78 is 39.1. The van der Waals surface area contributed by atoms with E-state index in [4.69, 9.17) is 9.47 Å². The molecule has 1 aromatic carbocycles. The van der Waals surface area contributed by atoms with Crippen molar-refractivity contribution in [3.8, 4) is 0 Å². The Morgan fingerprint density at radius 2 is 2.14 bits per heavy atom. The van der Waals surface area contributed by atoms with Crippen LogP contribution in [-0.2, 0) is 9.47 Å². The van der Waals surface area contributed by atoms with Crippen molar-refractivity contribution in [2.75, 3.05) is 51.4 Å². The average molecular weight is 396 g/mol. The number of para-hydroxylation sites is 1. The lowest BCUT2D eigenvalue weighted by Crippen LogP contribution is -2.45. The molecule has 8 heteroatoms. The Morgan fingerprint density at radius 3 is 2.86 bits per heavy atom. The maximum absolute atomic E-state index is 14.0. The Kier molecular flexibility index (Phi) is 7.85. The van der Waals surface area contributed by atoms with Gasteiger partial charge in [-0.2, -0.15) is 0 Å². The van der Waals surface area contributed by atoms with Gasteiger partial charge in [0.25, 0.3) is 0 Å². The molecule has 0 radical (unpaired) electrons. The number of guanidine groups is 1. The molecule has 2 N–H and O–H groups in total. The van der Waals surface area contributed by atoms with E-state index in [1.54, 1.807) is 11.9 Å². The van der Waals surface area contributed by atoms with E-state index >= 15 is 0 Å². The smallest absolute Gasteiger partial charge is 0.191 e. The SMILES string of the molecule is CN=C(NCCCOCC1CCCO1)NC1CCN(c2c(F)cccc2F)C1. The fraction of sp³-hybridized carbons (Fsp3) is 0.650. The Balaban J connectivity index is 1.34. The van der Waals surface area contributed by atoms with Crippen molar-refractivity contribution in [2.45, 2.75) is 37.8 Å². The van der Waals surface area contributed by atoms with Crippen LogP contribution in [0.4, 0.5) is 14.5 Å². The molecule has 2 fully saturated rings. The summed E-state index contributed by atoms with van der Waals surface area (Å²) in [6.45, 7) is 4.06. The van der Waals surface area contributed by atoms with Gasteiger partial charge in [-0.25, -0.2) is 8.78 Å². The maximum atomic E-state index is 14.0. The quantitative estimate of drug-likeness (QED) is 0.401. The van der Waals surface area contributed by atoms with E-state index in [9.17, 15) is 8.78 Å². The molecule has 2 unspecified atom stereocenters. The zero-order chi connectivity index (χ0) is 19.8. The van der Waals surface area contributed by atoms with Gasteiger partial charge in [0.05, 0.1) is 12.7 Å². The lowest BCUT2D eigenvalue weighted by molar-refractivity contribution is 0.0168. The second-order valence-corrected chi connectivity index (χ2v) is 7.21. The van der Waals surface area contributed by atoms with Crippen molar-refractivity contribution >= 4 is 11.6 Å². The third-order valence-corrected chi connectivity index (χ3v) is 5.09. The molecule has 156 valence electrons. The van der Waals surface area contributed by atoms with E-state index < -0.39 is 11.6 Å². The highest BCUT2D eigenvalue weighted by atomic mass is 19.1. The van der Waals surface area contributed by atoms with Gasteiger partial charge in [0.15, 0.2) is 5.96 Å². The first-order valence-electron chi connectivity index (χ1n) is 10.0. The minimum Gasteiger partial charge on any atom is -0.379 e. The van der Waals surface area contributed by atoms with Gasteiger partial charge in [-0.05, 0) is 37.8 Å². The van der Waals surface area contributed by atoms with Crippen LogP contribution >= 0.6 is 0 Å². The summed E-state index contributed by atoms with van der Waals surface area (Å²) in [5, 5.41) is 6.59. The predicted molar refractivity (Wildman–Crippen MR) is 106 cm³/mol. The number of halogens is 2. The largest absolute Gasteiger partial charge is 0.379 e. The van der Waals surface area contributed by atoms with E-state index in [0.29, 0.717) is 32.3 Å². The van der Waals surface area contributed by atoms with Crippen LogP contribution in [-0.4, -0.2) is 64.6 Å². The molecule has 2 atom stereocenters. The number of anilines is 1. The van der Waals surface area contributed by atoms with Gasteiger partial charge >= 0.3 is 0 Å².